The van der Waals surface area contributed by atoms with Gasteiger partial charge in [0.1, 0.15) is 0 Å². The van der Waals surface area contributed by atoms with Gasteiger partial charge in [-0.3, -0.25) is 0 Å². The van der Waals surface area contributed by atoms with Crippen LogP contribution in [0.15, 0.2) is 12.2 Å². The highest BCUT2D eigenvalue weighted by atomic mass is 14.1. The van der Waals surface area contributed by atoms with E-state index in [1.165, 1.54) is 148 Å². The average molecular weight is 407 g/mol. The topological polar surface area (TPSA) is 0 Å². The largest absolute Gasteiger partial charge is 0.0885 e. The van der Waals surface area contributed by atoms with Crippen LogP contribution in [0.1, 0.15) is 168 Å². The van der Waals surface area contributed by atoms with Crippen LogP contribution >= 0.6 is 0 Å². The number of unbranched alkanes of at least 4 members (excludes halogenated alkanes) is 18. The SMILES string of the molecule is CCCCCCC=CCCCCCCCCCCCCC(C)CCCCCCC. The zero-order chi connectivity index (χ0) is 21.3. The number of allylic oxidation sites excluding steroid dienone is 2. The molecule has 1 unspecified atom stereocenters. The van der Waals surface area contributed by atoms with Crippen molar-refractivity contribution in [2.45, 2.75) is 168 Å². The summed E-state index contributed by atoms with van der Waals surface area (Å²) in [6.07, 6.45) is 37.8. The normalized spacial score (nSPS) is 12.8. The maximum Gasteiger partial charge on any atom is -0.0351 e. The number of hydrogen-bond acceptors (Lipinski definition) is 0. The fourth-order valence-corrected chi connectivity index (χ4v) is 4.33. The van der Waals surface area contributed by atoms with Crippen LogP contribution in [0.5, 0.6) is 0 Å². The molecule has 0 N–H and O–H groups in total. The molecule has 29 heavy (non-hydrogen) atoms. The van der Waals surface area contributed by atoms with Crippen molar-refractivity contribution in [2.75, 3.05) is 0 Å². The van der Waals surface area contributed by atoms with Crippen LogP contribution in [0, 0.1) is 5.92 Å². The Bertz CT molecular complexity index is 303. The van der Waals surface area contributed by atoms with E-state index in [1.54, 1.807) is 0 Å². The van der Waals surface area contributed by atoms with E-state index in [1.807, 2.05) is 0 Å². The lowest BCUT2D eigenvalue weighted by molar-refractivity contribution is 0.431. The second kappa shape index (κ2) is 25.8. The van der Waals surface area contributed by atoms with Gasteiger partial charge in [-0.2, -0.15) is 0 Å². The summed E-state index contributed by atoms with van der Waals surface area (Å²) in [7, 11) is 0. The quantitative estimate of drug-likeness (QED) is 0.110. The average Bonchev–Trinajstić information content (AvgIpc) is 2.72. The van der Waals surface area contributed by atoms with Crippen molar-refractivity contribution in [3.63, 3.8) is 0 Å². The molecular formula is C29H58. The molecule has 0 fully saturated rings. The molecule has 0 aromatic rings. The highest BCUT2D eigenvalue weighted by Gasteiger charge is 2.02. The zero-order valence-electron chi connectivity index (χ0n) is 21.0. The fourth-order valence-electron chi connectivity index (χ4n) is 4.33. The van der Waals surface area contributed by atoms with Crippen LogP contribution in [0.25, 0.3) is 0 Å². The summed E-state index contributed by atoms with van der Waals surface area (Å²) in [6, 6.07) is 0. The summed E-state index contributed by atoms with van der Waals surface area (Å²) in [4.78, 5) is 0. The molecule has 1 atom stereocenters. The molecule has 0 aromatic heterocycles. The molecule has 0 aliphatic carbocycles. The third-order valence-corrected chi connectivity index (χ3v) is 6.51. The van der Waals surface area contributed by atoms with Crippen LogP contribution in [0.4, 0.5) is 0 Å². The first kappa shape index (κ1) is 28.7. The Morgan fingerprint density at radius 2 is 0.724 bits per heavy atom. The standard InChI is InChI=1S/C29H58/c1-4-6-8-10-11-12-13-14-15-16-17-18-19-20-21-22-24-26-28-29(3)27-25-23-9-7-5-2/h12-13,29H,4-11,14-28H2,1-3H3. The van der Waals surface area contributed by atoms with Gasteiger partial charge in [0, 0.05) is 0 Å². The summed E-state index contributed by atoms with van der Waals surface area (Å²) < 4.78 is 0. The second-order valence-electron chi connectivity index (χ2n) is 9.74. The number of rotatable bonds is 24. The molecule has 0 spiro atoms. The van der Waals surface area contributed by atoms with Gasteiger partial charge >= 0.3 is 0 Å². The van der Waals surface area contributed by atoms with Crippen LogP contribution in [0.3, 0.4) is 0 Å². The van der Waals surface area contributed by atoms with Crippen molar-refractivity contribution >= 4 is 0 Å². The summed E-state index contributed by atoms with van der Waals surface area (Å²) in [5, 5.41) is 0. The van der Waals surface area contributed by atoms with Crippen LogP contribution in [-0.4, -0.2) is 0 Å². The maximum absolute atomic E-state index is 2.48. The monoisotopic (exact) mass is 406 g/mol. The first-order valence-corrected chi connectivity index (χ1v) is 14.0. The van der Waals surface area contributed by atoms with Crippen molar-refractivity contribution < 1.29 is 0 Å². The van der Waals surface area contributed by atoms with Gasteiger partial charge < -0.3 is 0 Å². The van der Waals surface area contributed by atoms with Crippen molar-refractivity contribution in [3.8, 4) is 0 Å². The highest BCUT2D eigenvalue weighted by Crippen LogP contribution is 2.18. The Labute approximate surface area is 186 Å². The molecule has 0 heterocycles. The Morgan fingerprint density at radius 3 is 1.14 bits per heavy atom. The van der Waals surface area contributed by atoms with E-state index in [2.05, 4.69) is 32.9 Å². The molecule has 0 aliphatic rings. The van der Waals surface area contributed by atoms with E-state index < -0.39 is 0 Å². The Hall–Kier alpha value is -0.260. The fraction of sp³-hybridized carbons (Fsp3) is 0.931. The van der Waals surface area contributed by atoms with Gasteiger partial charge in [-0.05, 0) is 31.6 Å². The minimum atomic E-state index is 0.965. The van der Waals surface area contributed by atoms with Crippen molar-refractivity contribution in [2.24, 2.45) is 5.92 Å². The molecule has 0 aromatic carbocycles. The third-order valence-electron chi connectivity index (χ3n) is 6.51. The maximum atomic E-state index is 2.48. The Kier molecular flexibility index (Phi) is 25.5. The molecule has 0 nitrogen and oxygen atoms in total. The molecule has 0 aliphatic heterocycles. The number of hydrogen-bond donors (Lipinski definition) is 0. The molecule has 174 valence electrons. The smallest absolute Gasteiger partial charge is 0.0351 e. The van der Waals surface area contributed by atoms with E-state index in [4.69, 9.17) is 0 Å². The van der Waals surface area contributed by atoms with Crippen molar-refractivity contribution in [1.82, 2.24) is 0 Å². The first-order valence-electron chi connectivity index (χ1n) is 14.0. The third kappa shape index (κ3) is 25.7. The van der Waals surface area contributed by atoms with Gasteiger partial charge in [0.15, 0.2) is 0 Å². The van der Waals surface area contributed by atoms with E-state index >= 15 is 0 Å². The molecule has 0 amide bonds. The van der Waals surface area contributed by atoms with Gasteiger partial charge in [0.05, 0.1) is 0 Å². The van der Waals surface area contributed by atoms with E-state index in [0.717, 1.165) is 5.92 Å². The predicted molar refractivity (Wildman–Crippen MR) is 136 cm³/mol. The minimum Gasteiger partial charge on any atom is -0.0885 e. The predicted octanol–water partition coefficient (Wildman–Crippen LogP) is 11.2. The molecule has 0 saturated carbocycles. The van der Waals surface area contributed by atoms with Crippen LogP contribution < -0.4 is 0 Å². The molecule has 0 rings (SSSR count). The van der Waals surface area contributed by atoms with Gasteiger partial charge in [-0.25, -0.2) is 0 Å². The van der Waals surface area contributed by atoms with Crippen LogP contribution in [0.2, 0.25) is 0 Å². The van der Waals surface area contributed by atoms with E-state index in [9.17, 15) is 0 Å². The van der Waals surface area contributed by atoms with Crippen molar-refractivity contribution in [1.29, 1.82) is 0 Å². The lowest BCUT2D eigenvalue weighted by atomic mass is 9.96. The van der Waals surface area contributed by atoms with Crippen molar-refractivity contribution in [3.05, 3.63) is 12.2 Å². The lowest BCUT2D eigenvalue weighted by Crippen LogP contribution is -1.95. The molecule has 0 radical (unpaired) electrons. The zero-order valence-corrected chi connectivity index (χ0v) is 21.0. The molecule has 0 bridgehead atoms. The second-order valence-corrected chi connectivity index (χ2v) is 9.74. The van der Waals surface area contributed by atoms with Gasteiger partial charge in [-0.15, -0.1) is 0 Å². The van der Waals surface area contributed by atoms with Gasteiger partial charge in [-0.1, -0.05) is 155 Å². The van der Waals surface area contributed by atoms with E-state index in [0.29, 0.717) is 0 Å². The minimum absolute atomic E-state index is 0.965. The highest BCUT2D eigenvalue weighted by molar-refractivity contribution is 4.81. The summed E-state index contributed by atoms with van der Waals surface area (Å²) >= 11 is 0. The first-order chi connectivity index (χ1) is 14.3. The van der Waals surface area contributed by atoms with E-state index in [-0.39, 0.29) is 0 Å². The molecule has 0 saturated heterocycles. The van der Waals surface area contributed by atoms with Gasteiger partial charge in [0.2, 0.25) is 0 Å². The molecule has 0 heteroatoms. The van der Waals surface area contributed by atoms with Crippen LogP contribution in [-0.2, 0) is 0 Å². The Balaban J connectivity index is 3.13. The Morgan fingerprint density at radius 1 is 0.414 bits per heavy atom. The lowest BCUT2D eigenvalue weighted by Gasteiger charge is -2.11. The summed E-state index contributed by atoms with van der Waals surface area (Å²) in [6.45, 7) is 7.07. The summed E-state index contributed by atoms with van der Waals surface area (Å²) in [5.74, 6) is 0.965. The summed E-state index contributed by atoms with van der Waals surface area (Å²) in [5.41, 5.74) is 0. The molecular weight excluding hydrogens is 348 g/mol. The van der Waals surface area contributed by atoms with Gasteiger partial charge in [0.25, 0.3) is 0 Å².